The number of benzene rings is 1. The van der Waals surface area contributed by atoms with E-state index in [0.717, 1.165) is 0 Å². The summed E-state index contributed by atoms with van der Waals surface area (Å²) in [7, 11) is 1.63. The highest BCUT2D eigenvalue weighted by Crippen LogP contribution is 2.25. The quantitative estimate of drug-likeness (QED) is 0.363. The third kappa shape index (κ3) is 4.79. The van der Waals surface area contributed by atoms with Crippen molar-refractivity contribution >= 4 is 40.9 Å². The summed E-state index contributed by atoms with van der Waals surface area (Å²) >= 11 is 1.23. The molecular weight excluding hydrogens is 395 g/mol. The first-order valence-electron chi connectivity index (χ1n) is 8.99. The Morgan fingerprint density at radius 2 is 1.83 bits per heavy atom. The smallest absolute Gasteiger partial charge is 0.294 e. The van der Waals surface area contributed by atoms with E-state index in [9.17, 15) is 18.8 Å². The van der Waals surface area contributed by atoms with Gasteiger partial charge in [-0.15, -0.1) is 0 Å². The highest BCUT2D eigenvalue weighted by Gasteiger charge is 2.28. The molecule has 1 aromatic heterocycles. The number of halogens is 1. The second kappa shape index (κ2) is 9.13. The van der Waals surface area contributed by atoms with Gasteiger partial charge in [-0.25, -0.2) is 4.39 Å². The van der Waals surface area contributed by atoms with Gasteiger partial charge in [-0.05, 0) is 51.5 Å². The van der Waals surface area contributed by atoms with Gasteiger partial charge in [0.2, 0.25) is 0 Å². The number of rotatable bonds is 7. The molecule has 2 rings (SSSR count). The minimum absolute atomic E-state index is 0.162. The van der Waals surface area contributed by atoms with E-state index in [1.165, 1.54) is 34.7 Å². The molecule has 0 radical (unpaired) electrons. The fourth-order valence-corrected chi connectivity index (χ4v) is 3.43. The molecule has 0 aliphatic rings. The van der Waals surface area contributed by atoms with Gasteiger partial charge in [0.15, 0.2) is 0 Å². The molecule has 0 atom stereocenters. The summed E-state index contributed by atoms with van der Waals surface area (Å²) in [5.74, 6) is -2.30. The molecule has 0 spiro atoms. The summed E-state index contributed by atoms with van der Waals surface area (Å²) in [6.45, 7) is 6.85. The molecule has 0 bridgehead atoms. The van der Waals surface area contributed by atoms with Gasteiger partial charge in [-0.2, -0.15) is 0 Å². The van der Waals surface area contributed by atoms with Crippen molar-refractivity contribution in [2.24, 2.45) is 7.05 Å². The number of nitrogens with zero attached hydrogens (tertiary/aromatic N) is 1. The number of amides is 2. The lowest BCUT2D eigenvalue weighted by molar-refractivity contribution is -0.117. The molecule has 1 heterocycles. The molecule has 0 fully saturated rings. The zero-order valence-electron chi connectivity index (χ0n) is 17.3. The Labute approximate surface area is 173 Å². The SMILES string of the molecule is CSNc1cc(NC(=O)c2c(C)c(C(=O)C(=O)NC(C)C)n(C)c2C)ccc1F. The lowest BCUT2D eigenvalue weighted by Crippen LogP contribution is -2.37. The molecule has 7 nitrogen and oxygen atoms in total. The normalized spacial score (nSPS) is 10.8. The van der Waals surface area contributed by atoms with E-state index >= 15 is 0 Å². The minimum Gasteiger partial charge on any atom is -0.347 e. The second-order valence-electron chi connectivity index (χ2n) is 6.91. The summed E-state index contributed by atoms with van der Waals surface area (Å²) in [6, 6.07) is 4.01. The van der Waals surface area contributed by atoms with Crippen molar-refractivity contribution in [2.45, 2.75) is 33.7 Å². The number of hydrogen-bond donors (Lipinski definition) is 3. The zero-order valence-corrected chi connectivity index (χ0v) is 18.1. The number of hydrogen-bond acceptors (Lipinski definition) is 5. The van der Waals surface area contributed by atoms with E-state index in [-0.39, 0.29) is 17.4 Å². The summed E-state index contributed by atoms with van der Waals surface area (Å²) in [6.07, 6.45) is 1.76. The fourth-order valence-electron chi connectivity index (χ4n) is 3.05. The fraction of sp³-hybridized carbons (Fsp3) is 0.350. The van der Waals surface area contributed by atoms with Gasteiger partial charge in [0.25, 0.3) is 17.6 Å². The standard InChI is InChI=1S/C20H25FN4O3S/c1-10(2)22-20(28)18(26)17-11(3)16(12(4)25(17)5)19(27)23-13-7-8-14(21)15(9-13)24-29-6/h7-10,24H,1-6H3,(H,22,28)(H,23,27). The summed E-state index contributed by atoms with van der Waals surface area (Å²) < 4.78 is 18.1. The molecule has 9 heteroatoms. The first-order chi connectivity index (χ1) is 13.6. The van der Waals surface area contributed by atoms with Crippen molar-refractivity contribution in [1.82, 2.24) is 9.88 Å². The summed E-state index contributed by atoms with van der Waals surface area (Å²) in [5.41, 5.74) is 2.08. The number of ketones is 1. The third-order valence-corrected chi connectivity index (χ3v) is 4.86. The molecule has 0 saturated carbocycles. The van der Waals surface area contributed by atoms with Crippen LogP contribution in [0.4, 0.5) is 15.8 Å². The number of nitrogens with one attached hydrogen (secondary N) is 3. The van der Waals surface area contributed by atoms with Crippen LogP contribution in [0.5, 0.6) is 0 Å². The van der Waals surface area contributed by atoms with E-state index in [1.54, 1.807) is 41.0 Å². The van der Waals surface area contributed by atoms with Gasteiger partial charge in [0, 0.05) is 30.7 Å². The monoisotopic (exact) mass is 420 g/mol. The molecule has 3 N–H and O–H groups in total. The van der Waals surface area contributed by atoms with Gasteiger partial charge in [-0.1, -0.05) is 11.9 Å². The lowest BCUT2D eigenvalue weighted by atomic mass is 10.1. The predicted octanol–water partition coefficient (Wildman–Crippen LogP) is 3.43. The average Bonchev–Trinajstić information content (AvgIpc) is 2.86. The van der Waals surface area contributed by atoms with Crippen LogP contribution in [0.15, 0.2) is 18.2 Å². The largest absolute Gasteiger partial charge is 0.347 e. The Balaban J connectivity index is 2.36. The first kappa shape index (κ1) is 22.5. The number of carbonyl (C=O) groups is 3. The maximum atomic E-state index is 13.8. The third-order valence-electron chi connectivity index (χ3n) is 4.43. The number of anilines is 2. The first-order valence-corrected chi connectivity index (χ1v) is 10.2. The predicted molar refractivity (Wildman–Crippen MR) is 114 cm³/mol. The molecule has 29 heavy (non-hydrogen) atoms. The average molecular weight is 421 g/mol. The molecule has 0 saturated heterocycles. The highest BCUT2D eigenvalue weighted by atomic mass is 32.2. The number of aromatic nitrogens is 1. The van der Waals surface area contributed by atoms with Crippen molar-refractivity contribution < 1.29 is 18.8 Å². The van der Waals surface area contributed by atoms with E-state index in [1.807, 2.05) is 0 Å². The Morgan fingerprint density at radius 3 is 2.41 bits per heavy atom. The maximum absolute atomic E-state index is 13.8. The molecular formula is C20H25FN4O3S. The van der Waals surface area contributed by atoms with Gasteiger partial charge in [-0.3, -0.25) is 14.4 Å². The maximum Gasteiger partial charge on any atom is 0.294 e. The molecule has 0 aliphatic carbocycles. The van der Waals surface area contributed by atoms with E-state index in [2.05, 4.69) is 15.4 Å². The Kier molecular flexibility index (Phi) is 7.07. The van der Waals surface area contributed by atoms with Gasteiger partial charge >= 0.3 is 0 Å². The van der Waals surface area contributed by atoms with Gasteiger partial charge < -0.3 is 19.9 Å². The molecule has 1 aromatic carbocycles. The van der Waals surface area contributed by atoms with E-state index in [4.69, 9.17) is 0 Å². The minimum atomic E-state index is -0.720. The van der Waals surface area contributed by atoms with E-state index in [0.29, 0.717) is 22.5 Å². The summed E-state index contributed by atoms with van der Waals surface area (Å²) in [5, 5.41) is 5.30. The topological polar surface area (TPSA) is 92.2 Å². The van der Waals surface area contributed by atoms with Crippen molar-refractivity contribution in [3.63, 3.8) is 0 Å². The number of Topliss-reactive ketones (excluding diaryl/α,β-unsaturated/α-hetero) is 1. The van der Waals surface area contributed by atoms with Crippen LogP contribution >= 0.6 is 11.9 Å². The van der Waals surface area contributed by atoms with Crippen molar-refractivity contribution in [2.75, 3.05) is 16.3 Å². The van der Waals surface area contributed by atoms with Crippen LogP contribution in [0.1, 0.15) is 46.0 Å². The molecule has 2 amide bonds. The summed E-state index contributed by atoms with van der Waals surface area (Å²) in [4.78, 5) is 37.6. The number of carbonyl (C=O) groups excluding carboxylic acids is 3. The van der Waals surface area contributed by atoms with Crippen LogP contribution in [0.2, 0.25) is 0 Å². The zero-order chi connectivity index (χ0) is 21.9. The van der Waals surface area contributed by atoms with Crippen LogP contribution < -0.4 is 15.4 Å². The van der Waals surface area contributed by atoms with Gasteiger partial charge in [0.1, 0.15) is 5.82 Å². The second-order valence-corrected chi connectivity index (χ2v) is 7.52. The lowest BCUT2D eigenvalue weighted by Gasteiger charge is -2.10. The highest BCUT2D eigenvalue weighted by molar-refractivity contribution is 7.99. The van der Waals surface area contributed by atoms with Crippen molar-refractivity contribution in [3.05, 3.63) is 46.5 Å². The van der Waals surface area contributed by atoms with E-state index < -0.39 is 23.4 Å². The Hall–Kier alpha value is -2.81. The van der Waals surface area contributed by atoms with Crippen molar-refractivity contribution in [1.29, 1.82) is 0 Å². The van der Waals surface area contributed by atoms with Crippen LogP contribution in [-0.2, 0) is 11.8 Å². The molecule has 0 aliphatic heterocycles. The molecule has 2 aromatic rings. The van der Waals surface area contributed by atoms with Crippen molar-refractivity contribution in [3.8, 4) is 0 Å². The molecule has 0 unspecified atom stereocenters. The van der Waals surface area contributed by atoms with Crippen LogP contribution in [0.3, 0.4) is 0 Å². The Morgan fingerprint density at radius 1 is 1.17 bits per heavy atom. The van der Waals surface area contributed by atoms with Crippen LogP contribution in [0.25, 0.3) is 0 Å². The van der Waals surface area contributed by atoms with Crippen LogP contribution in [0, 0.1) is 19.7 Å². The molecule has 156 valence electrons. The van der Waals surface area contributed by atoms with Crippen LogP contribution in [-0.4, -0.2) is 34.5 Å². The van der Waals surface area contributed by atoms with Gasteiger partial charge in [0.05, 0.1) is 16.9 Å². The Bertz CT molecular complexity index is 969.